The molecule has 5 nitrogen and oxygen atoms in total. The molecule has 0 saturated heterocycles. The normalized spacial score (nSPS) is 13.8. The van der Waals surface area contributed by atoms with E-state index in [1.165, 1.54) is 6.20 Å². The smallest absolute Gasteiger partial charge is 0.272 e. The van der Waals surface area contributed by atoms with E-state index in [-0.39, 0.29) is 40.9 Å². The van der Waals surface area contributed by atoms with Gasteiger partial charge in [0.2, 0.25) is 0 Å². The lowest BCUT2D eigenvalue weighted by molar-refractivity contribution is 0.0877. The second-order valence-corrected chi connectivity index (χ2v) is 6.22. The third-order valence-corrected chi connectivity index (χ3v) is 3.87. The van der Waals surface area contributed by atoms with Gasteiger partial charge in [0.25, 0.3) is 5.91 Å². The number of rotatable bonds is 5. The summed E-state index contributed by atoms with van der Waals surface area (Å²) >= 11 is 6.03. The molecule has 21 heavy (non-hydrogen) atoms. The molecule has 1 atom stereocenters. The zero-order valence-corrected chi connectivity index (χ0v) is 14.7. The minimum absolute atomic E-state index is 0. The first-order chi connectivity index (χ1) is 9.21. The van der Waals surface area contributed by atoms with Crippen LogP contribution >= 0.6 is 24.0 Å². The summed E-state index contributed by atoms with van der Waals surface area (Å²) in [6.07, 6.45) is 1.47. The van der Waals surface area contributed by atoms with Crippen molar-refractivity contribution in [1.82, 2.24) is 15.3 Å². The zero-order chi connectivity index (χ0) is 15.5. The van der Waals surface area contributed by atoms with Gasteiger partial charge < -0.3 is 11.1 Å². The van der Waals surface area contributed by atoms with Crippen molar-refractivity contribution in [3.63, 3.8) is 0 Å². The first-order valence-electron chi connectivity index (χ1n) is 6.76. The van der Waals surface area contributed by atoms with Crippen LogP contribution in [0.2, 0.25) is 5.02 Å². The number of hydrogen-bond donors (Lipinski definition) is 2. The molecule has 0 bridgehead atoms. The van der Waals surface area contributed by atoms with E-state index in [1.807, 2.05) is 34.6 Å². The molecule has 3 N–H and O–H groups in total. The molecule has 0 spiro atoms. The Kier molecular flexibility index (Phi) is 7.57. The minimum atomic E-state index is -0.497. The molecular weight excluding hydrogens is 311 g/mol. The predicted octanol–water partition coefficient (Wildman–Crippen LogP) is 2.78. The van der Waals surface area contributed by atoms with Crippen molar-refractivity contribution in [2.75, 3.05) is 6.54 Å². The maximum absolute atomic E-state index is 12.4. The van der Waals surface area contributed by atoms with Gasteiger partial charge in [0, 0.05) is 12.5 Å². The maximum atomic E-state index is 12.4. The summed E-state index contributed by atoms with van der Waals surface area (Å²) in [5, 5.41) is 3.17. The molecule has 0 aliphatic heterocycles. The van der Waals surface area contributed by atoms with Crippen molar-refractivity contribution in [1.29, 1.82) is 0 Å². The largest absolute Gasteiger partial charge is 0.344 e. The van der Waals surface area contributed by atoms with Gasteiger partial charge in [-0.25, -0.2) is 9.97 Å². The quantitative estimate of drug-likeness (QED) is 0.867. The van der Waals surface area contributed by atoms with Crippen LogP contribution in [0.15, 0.2) is 6.20 Å². The van der Waals surface area contributed by atoms with Gasteiger partial charge in [-0.05, 0) is 12.8 Å². The van der Waals surface area contributed by atoms with Gasteiger partial charge in [-0.1, -0.05) is 39.3 Å². The summed E-state index contributed by atoms with van der Waals surface area (Å²) in [5.74, 6) is 0.603. The number of carbonyl (C=O) groups is 1. The van der Waals surface area contributed by atoms with Crippen LogP contribution < -0.4 is 11.1 Å². The van der Waals surface area contributed by atoms with E-state index in [4.69, 9.17) is 17.3 Å². The SMILES string of the molecule is CC(C)c1ncc(Cl)c(C(=O)NC(C)(CN)C(C)C)n1.Cl. The van der Waals surface area contributed by atoms with Crippen LogP contribution in [0.25, 0.3) is 0 Å². The highest BCUT2D eigenvalue weighted by Gasteiger charge is 2.30. The minimum Gasteiger partial charge on any atom is -0.344 e. The summed E-state index contributed by atoms with van der Waals surface area (Å²) in [6.45, 7) is 10.2. The van der Waals surface area contributed by atoms with Crippen molar-refractivity contribution in [2.24, 2.45) is 11.7 Å². The topological polar surface area (TPSA) is 80.9 Å². The molecule has 0 aliphatic rings. The van der Waals surface area contributed by atoms with Crippen LogP contribution in [0, 0.1) is 5.92 Å². The van der Waals surface area contributed by atoms with Crippen molar-refractivity contribution in [2.45, 2.75) is 46.1 Å². The van der Waals surface area contributed by atoms with E-state index >= 15 is 0 Å². The van der Waals surface area contributed by atoms with Crippen LogP contribution in [0.1, 0.15) is 56.8 Å². The molecule has 0 saturated carbocycles. The van der Waals surface area contributed by atoms with Crippen molar-refractivity contribution in [3.05, 3.63) is 22.7 Å². The predicted molar refractivity (Wildman–Crippen MR) is 88.1 cm³/mol. The van der Waals surface area contributed by atoms with Gasteiger partial charge in [-0.2, -0.15) is 0 Å². The second kappa shape index (κ2) is 7.92. The van der Waals surface area contributed by atoms with Gasteiger partial charge in [-0.3, -0.25) is 4.79 Å². The number of carbonyl (C=O) groups excluding carboxylic acids is 1. The number of aromatic nitrogens is 2. The van der Waals surface area contributed by atoms with E-state index < -0.39 is 5.54 Å². The first kappa shape index (κ1) is 20.1. The highest BCUT2D eigenvalue weighted by molar-refractivity contribution is 6.33. The average Bonchev–Trinajstić information content (AvgIpc) is 2.38. The highest BCUT2D eigenvalue weighted by Crippen LogP contribution is 2.19. The summed E-state index contributed by atoms with van der Waals surface area (Å²) in [7, 11) is 0. The summed E-state index contributed by atoms with van der Waals surface area (Å²) in [4.78, 5) is 20.8. The van der Waals surface area contributed by atoms with Gasteiger partial charge in [0.05, 0.1) is 16.8 Å². The lowest BCUT2D eigenvalue weighted by Crippen LogP contribution is -2.55. The lowest BCUT2D eigenvalue weighted by Gasteiger charge is -2.33. The Morgan fingerprint density at radius 1 is 1.43 bits per heavy atom. The fraction of sp³-hybridized carbons (Fsp3) is 0.643. The molecule has 1 heterocycles. The van der Waals surface area contributed by atoms with Gasteiger partial charge in [0.1, 0.15) is 11.5 Å². The van der Waals surface area contributed by atoms with Crippen LogP contribution in [0.4, 0.5) is 0 Å². The van der Waals surface area contributed by atoms with Gasteiger partial charge in [-0.15, -0.1) is 12.4 Å². The third kappa shape index (κ3) is 4.80. The molecule has 0 radical (unpaired) electrons. The second-order valence-electron chi connectivity index (χ2n) is 5.81. The highest BCUT2D eigenvalue weighted by atomic mass is 35.5. The molecule has 1 aromatic rings. The van der Waals surface area contributed by atoms with Gasteiger partial charge in [0.15, 0.2) is 0 Å². The maximum Gasteiger partial charge on any atom is 0.272 e. The molecule has 120 valence electrons. The van der Waals surface area contributed by atoms with Gasteiger partial charge >= 0.3 is 0 Å². The molecule has 0 aliphatic carbocycles. The molecular formula is C14H24Cl2N4O. The number of halogens is 2. The number of nitrogens with two attached hydrogens (primary N) is 1. The van der Waals surface area contributed by atoms with Crippen LogP contribution in [-0.2, 0) is 0 Å². The molecule has 7 heteroatoms. The van der Waals surface area contributed by atoms with E-state index in [0.717, 1.165) is 0 Å². The summed E-state index contributed by atoms with van der Waals surface area (Å²) in [6, 6.07) is 0. The Labute approximate surface area is 137 Å². The Hall–Kier alpha value is -0.910. The van der Waals surface area contributed by atoms with E-state index in [1.54, 1.807) is 0 Å². The monoisotopic (exact) mass is 334 g/mol. The van der Waals surface area contributed by atoms with Crippen molar-refractivity contribution >= 4 is 29.9 Å². The molecule has 0 fully saturated rings. The Morgan fingerprint density at radius 2 is 2.00 bits per heavy atom. The Balaban J connectivity index is 0.00000400. The van der Waals surface area contributed by atoms with E-state index in [9.17, 15) is 4.79 Å². The number of nitrogens with one attached hydrogen (secondary N) is 1. The molecule has 1 unspecified atom stereocenters. The average molecular weight is 335 g/mol. The molecule has 1 aromatic heterocycles. The number of hydrogen-bond acceptors (Lipinski definition) is 4. The number of amides is 1. The fourth-order valence-corrected chi connectivity index (χ4v) is 1.74. The van der Waals surface area contributed by atoms with Crippen molar-refractivity contribution in [3.8, 4) is 0 Å². The Morgan fingerprint density at radius 3 is 2.43 bits per heavy atom. The van der Waals surface area contributed by atoms with Crippen molar-refractivity contribution < 1.29 is 4.79 Å². The summed E-state index contributed by atoms with van der Waals surface area (Å²) in [5.41, 5.74) is 5.47. The van der Waals surface area contributed by atoms with Crippen LogP contribution in [-0.4, -0.2) is 28.0 Å². The first-order valence-corrected chi connectivity index (χ1v) is 7.14. The van der Waals surface area contributed by atoms with Crippen LogP contribution in [0.5, 0.6) is 0 Å². The Bertz CT molecular complexity index is 494. The number of nitrogens with zero attached hydrogens (tertiary/aromatic N) is 2. The lowest BCUT2D eigenvalue weighted by atomic mass is 9.88. The molecule has 1 rings (SSSR count). The molecule has 1 amide bonds. The zero-order valence-electron chi connectivity index (χ0n) is 13.1. The standard InChI is InChI=1S/C14H23ClN4O.ClH/c1-8(2)12-17-6-10(15)11(18-12)13(20)19-14(5,7-16)9(3)4;/h6,8-9H,7,16H2,1-5H3,(H,19,20);1H. The molecule has 0 aromatic carbocycles. The fourth-order valence-electron chi connectivity index (χ4n) is 1.57. The van der Waals surface area contributed by atoms with E-state index in [2.05, 4.69) is 15.3 Å². The van der Waals surface area contributed by atoms with E-state index in [0.29, 0.717) is 12.4 Å². The van der Waals surface area contributed by atoms with Crippen LogP contribution in [0.3, 0.4) is 0 Å². The third-order valence-electron chi connectivity index (χ3n) is 3.59. The summed E-state index contributed by atoms with van der Waals surface area (Å²) < 4.78 is 0.